The highest BCUT2D eigenvalue weighted by Crippen LogP contribution is 2.27. The summed E-state index contributed by atoms with van der Waals surface area (Å²) in [6.45, 7) is 0.252. The van der Waals surface area contributed by atoms with E-state index in [0.717, 1.165) is 16.9 Å². The molecule has 9 heteroatoms. The molecule has 6 nitrogen and oxygen atoms in total. The Hall–Kier alpha value is -2.07. The summed E-state index contributed by atoms with van der Waals surface area (Å²) >= 11 is 4.34. The summed E-state index contributed by atoms with van der Waals surface area (Å²) in [5.74, 6) is -0.441. The van der Waals surface area contributed by atoms with Crippen molar-refractivity contribution in [2.24, 2.45) is 0 Å². The summed E-state index contributed by atoms with van der Waals surface area (Å²) in [5, 5.41) is 2.77. The molecule has 0 aliphatic heterocycles. The molecule has 140 valence electrons. The maximum Gasteiger partial charge on any atom is 0.251 e. The first kappa shape index (κ1) is 19.7. The summed E-state index contributed by atoms with van der Waals surface area (Å²) in [4.78, 5) is 16.8. The molecule has 3 rings (SSSR count). The van der Waals surface area contributed by atoms with E-state index in [-0.39, 0.29) is 10.8 Å². The molecule has 2 aromatic heterocycles. The van der Waals surface area contributed by atoms with Crippen molar-refractivity contribution >= 4 is 43.2 Å². The van der Waals surface area contributed by atoms with Crippen LogP contribution in [-0.2, 0) is 21.4 Å². The average Bonchev–Trinajstić information content (AvgIpc) is 3.13. The van der Waals surface area contributed by atoms with Crippen molar-refractivity contribution < 1.29 is 13.2 Å². The molecule has 0 aliphatic rings. The van der Waals surface area contributed by atoms with Gasteiger partial charge in [0.15, 0.2) is 0 Å². The van der Waals surface area contributed by atoms with Crippen LogP contribution >= 0.6 is 27.3 Å². The lowest BCUT2D eigenvalue weighted by Crippen LogP contribution is -2.40. The highest BCUT2D eigenvalue weighted by molar-refractivity contribution is 9.11. The van der Waals surface area contributed by atoms with Crippen LogP contribution in [0, 0.1) is 0 Å². The van der Waals surface area contributed by atoms with E-state index >= 15 is 0 Å². The van der Waals surface area contributed by atoms with Gasteiger partial charge in [0, 0.05) is 18.9 Å². The number of rotatable bonds is 7. The van der Waals surface area contributed by atoms with Gasteiger partial charge in [0.05, 0.1) is 3.79 Å². The molecule has 0 fully saturated rings. The van der Waals surface area contributed by atoms with Gasteiger partial charge in [-0.1, -0.05) is 36.4 Å². The third-order valence-electron chi connectivity index (χ3n) is 3.67. The van der Waals surface area contributed by atoms with Gasteiger partial charge in [0.2, 0.25) is 5.91 Å². The third-order valence-corrected chi connectivity index (χ3v) is 7.21. The fraction of sp³-hybridized carbons (Fsp3) is 0.111. The molecule has 1 aromatic carbocycles. The van der Waals surface area contributed by atoms with Gasteiger partial charge in [-0.3, -0.25) is 9.78 Å². The molecule has 0 radical (unpaired) electrons. The molecule has 2 N–H and O–H groups in total. The summed E-state index contributed by atoms with van der Waals surface area (Å²) in [5.41, 5.74) is 1.38. The Balaban J connectivity index is 1.82. The first-order valence-corrected chi connectivity index (χ1v) is 11.0. The van der Waals surface area contributed by atoms with E-state index in [9.17, 15) is 13.2 Å². The Bertz CT molecular complexity index is 1010. The maximum atomic E-state index is 12.8. The number of halogens is 1. The van der Waals surface area contributed by atoms with E-state index in [0.29, 0.717) is 9.35 Å². The quantitative estimate of drug-likeness (QED) is 0.560. The van der Waals surface area contributed by atoms with Crippen molar-refractivity contribution in [3.63, 3.8) is 0 Å². The van der Waals surface area contributed by atoms with Gasteiger partial charge in [0.25, 0.3) is 10.0 Å². The molecule has 0 bridgehead atoms. The first-order chi connectivity index (χ1) is 13.0. The highest BCUT2D eigenvalue weighted by atomic mass is 79.9. The lowest BCUT2D eigenvalue weighted by molar-refractivity contribution is -0.123. The van der Waals surface area contributed by atoms with Crippen LogP contribution in [0.5, 0.6) is 0 Å². The van der Waals surface area contributed by atoms with E-state index < -0.39 is 22.0 Å². The monoisotopic (exact) mass is 465 g/mol. The number of pyridine rings is 1. The van der Waals surface area contributed by atoms with Crippen LogP contribution in [0.3, 0.4) is 0 Å². The van der Waals surface area contributed by atoms with Gasteiger partial charge in [-0.15, -0.1) is 11.3 Å². The fourth-order valence-corrected chi connectivity index (χ4v) is 5.58. The van der Waals surface area contributed by atoms with Gasteiger partial charge in [0.1, 0.15) is 10.3 Å². The number of aromatic nitrogens is 1. The van der Waals surface area contributed by atoms with Gasteiger partial charge >= 0.3 is 0 Å². The minimum absolute atomic E-state index is 0.135. The zero-order chi connectivity index (χ0) is 19.3. The Morgan fingerprint density at radius 3 is 2.52 bits per heavy atom. The minimum atomic E-state index is -3.85. The second kappa shape index (κ2) is 8.75. The number of amides is 1. The van der Waals surface area contributed by atoms with Gasteiger partial charge in [-0.05, 0) is 45.3 Å². The average molecular weight is 466 g/mol. The Morgan fingerprint density at radius 2 is 1.89 bits per heavy atom. The number of nitrogens with one attached hydrogen (secondary N) is 2. The molecule has 0 unspecified atom stereocenters. The predicted molar refractivity (Wildman–Crippen MR) is 108 cm³/mol. The Labute approximate surface area is 169 Å². The van der Waals surface area contributed by atoms with E-state index in [1.807, 2.05) is 6.07 Å². The normalized spacial score (nSPS) is 12.5. The molecule has 0 spiro atoms. The van der Waals surface area contributed by atoms with Crippen LogP contribution in [0.15, 0.2) is 75.0 Å². The van der Waals surface area contributed by atoms with Crippen LogP contribution in [0.1, 0.15) is 17.2 Å². The Morgan fingerprint density at radius 1 is 1.11 bits per heavy atom. The lowest BCUT2D eigenvalue weighted by atomic mass is 10.1. The molecule has 2 heterocycles. The molecule has 1 atom stereocenters. The molecular weight excluding hydrogens is 450 g/mol. The van der Waals surface area contributed by atoms with E-state index in [4.69, 9.17) is 0 Å². The maximum absolute atomic E-state index is 12.8. The molecule has 27 heavy (non-hydrogen) atoms. The lowest BCUT2D eigenvalue weighted by Gasteiger charge is -2.18. The topological polar surface area (TPSA) is 88.2 Å². The van der Waals surface area contributed by atoms with Crippen LogP contribution in [0.25, 0.3) is 0 Å². The van der Waals surface area contributed by atoms with E-state index in [2.05, 4.69) is 31.0 Å². The molecular formula is C18H16BrN3O3S2. The van der Waals surface area contributed by atoms with Crippen molar-refractivity contribution in [3.8, 4) is 0 Å². The van der Waals surface area contributed by atoms with Crippen LogP contribution in [0.2, 0.25) is 0 Å². The van der Waals surface area contributed by atoms with E-state index in [1.54, 1.807) is 54.9 Å². The standard InChI is InChI=1S/C18H16BrN3O3S2/c19-15-8-9-16(26-15)27(24,25)22-17(14-6-2-1-3-7-14)18(23)21-12-13-5-4-10-20-11-13/h1-11,17,22H,12H2,(H,21,23)/t17-/m1/s1. The Kier molecular flexibility index (Phi) is 6.38. The van der Waals surface area contributed by atoms with Crippen molar-refractivity contribution in [1.29, 1.82) is 0 Å². The summed E-state index contributed by atoms with van der Waals surface area (Å²) in [6, 6.07) is 14.4. The zero-order valence-electron chi connectivity index (χ0n) is 14.0. The summed E-state index contributed by atoms with van der Waals surface area (Å²) in [7, 11) is -3.85. The number of carbonyl (C=O) groups is 1. The van der Waals surface area contributed by atoms with Gasteiger partial charge in [-0.2, -0.15) is 4.72 Å². The second-order valence-corrected chi connectivity index (χ2v) is 10.0. The number of benzene rings is 1. The van der Waals surface area contributed by atoms with Crippen molar-refractivity contribution in [2.45, 2.75) is 16.8 Å². The number of carbonyl (C=O) groups excluding carboxylic acids is 1. The third kappa shape index (κ3) is 5.23. The van der Waals surface area contributed by atoms with E-state index in [1.165, 1.54) is 6.07 Å². The van der Waals surface area contributed by atoms with Gasteiger partial charge < -0.3 is 5.32 Å². The number of hydrogen-bond donors (Lipinski definition) is 2. The minimum Gasteiger partial charge on any atom is -0.350 e. The predicted octanol–water partition coefficient (Wildman–Crippen LogP) is 3.24. The summed E-state index contributed by atoms with van der Waals surface area (Å²) in [6.07, 6.45) is 3.29. The van der Waals surface area contributed by atoms with Crippen LogP contribution in [-0.4, -0.2) is 19.3 Å². The zero-order valence-corrected chi connectivity index (χ0v) is 17.2. The molecule has 0 saturated carbocycles. The number of sulfonamides is 1. The largest absolute Gasteiger partial charge is 0.350 e. The molecule has 0 aliphatic carbocycles. The van der Waals surface area contributed by atoms with Crippen molar-refractivity contribution in [1.82, 2.24) is 15.0 Å². The molecule has 1 amide bonds. The van der Waals surface area contributed by atoms with Crippen LogP contribution in [0.4, 0.5) is 0 Å². The summed E-state index contributed by atoms with van der Waals surface area (Å²) < 4.78 is 28.7. The van der Waals surface area contributed by atoms with Crippen molar-refractivity contribution in [2.75, 3.05) is 0 Å². The molecule has 0 saturated heterocycles. The fourth-order valence-electron chi connectivity index (χ4n) is 2.37. The molecule has 3 aromatic rings. The highest BCUT2D eigenvalue weighted by Gasteiger charge is 2.28. The SMILES string of the molecule is O=C(NCc1cccnc1)[C@H](NS(=O)(=O)c1ccc(Br)s1)c1ccccc1. The van der Waals surface area contributed by atoms with Crippen LogP contribution < -0.4 is 10.0 Å². The second-order valence-electron chi connectivity index (χ2n) is 5.60. The van der Waals surface area contributed by atoms with Crippen molar-refractivity contribution in [3.05, 3.63) is 81.9 Å². The first-order valence-electron chi connectivity index (χ1n) is 7.95. The van der Waals surface area contributed by atoms with Gasteiger partial charge in [-0.25, -0.2) is 8.42 Å². The number of thiophene rings is 1. The number of hydrogen-bond acceptors (Lipinski definition) is 5. The smallest absolute Gasteiger partial charge is 0.251 e. The number of nitrogens with zero attached hydrogens (tertiary/aromatic N) is 1.